The fourth-order valence-corrected chi connectivity index (χ4v) is 2.90. The number of amides is 1. The third kappa shape index (κ3) is 4.79. The lowest BCUT2D eigenvalue weighted by Gasteiger charge is -2.33. The van der Waals surface area contributed by atoms with Crippen LogP contribution in [-0.4, -0.2) is 41.7 Å². The first-order valence-corrected chi connectivity index (χ1v) is 7.60. The Morgan fingerprint density at radius 2 is 2.00 bits per heavy atom. The van der Waals surface area contributed by atoms with Crippen molar-refractivity contribution in [1.29, 1.82) is 0 Å². The summed E-state index contributed by atoms with van der Waals surface area (Å²) in [5, 5.41) is 11.8. The molecule has 0 bridgehead atoms. The van der Waals surface area contributed by atoms with Crippen LogP contribution in [0.3, 0.4) is 0 Å². The highest BCUT2D eigenvalue weighted by atomic mass is 19.1. The largest absolute Gasteiger partial charge is 0.395 e. The molecule has 0 heterocycles. The van der Waals surface area contributed by atoms with E-state index in [0.29, 0.717) is 12.6 Å². The summed E-state index contributed by atoms with van der Waals surface area (Å²) < 4.78 is 13.5. The number of aliphatic hydroxyl groups is 1. The van der Waals surface area contributed by atoms with Crippen LogP contribution >= 0.6 is 0 Å². The fourth-order valence-electron chi connectivity index (χ4n) is 2.90. The molecule has 5 heteroatoms. The molecular weight excluding hydrogens is 271 g/mol. The van der Waals surface area contributed by atoms with E-state index in [-0.39, 0.29) is 24.7 Å². The van der Waals surface area contributed by atoms with E-state index in [1.54, 1.807) is 18.2 Å². The summed E-state index contributed by atoms with van der Waals surface area (Å²) >= 11 is 0. The van der Waals surface area contributed by atoms with Crippen LogP contribution in [0.2, 0.25) is 0 Å². The van der Waals surface area contributed by atoms with Crippen molar-refractivity contribution in [1.82, 2.24) is 4.90 Å². The lowest BCUT2D eigenvalue weighted by atomic mass is 9.94. The van der Waals surface area contributed by atoms with Crippen molar-refractivity contribution in [2.45, 2.75) is 38.1 Å². The van der Waals surface area contributed by atoms with Gasteiger partial charge >= 0.3 is 0 Å². The number of para-hydroxylation sites is 1. The molecule has 1 aromatic carbocycles. The molecule has 0 unspecified atom stereocenters. The van der Waals surface area contributed by atoms with E-state index in [0.717, 1.165) is 12.8 Å². The predicted octanol–water partition coefficient (Wildman–Crippen LogP) is 2.39. The summed E-state index contributed by atoms with van der Waals surface area (Å²) in [7, 11) is 0. The van der Waals surface area contributed by atoms with Crippen molar-refractivity contribution in [2.75, 3.05) is 25.0 Å². The topological polar surface area (TPSA) is 52.6 Å². The Labute approximate surface area is 125 Å². The summed E-state index contributed by atoms with van der Waals surface area (Å²) in [4.78, 5) is 14.1. The van der Waals surface area contributed by atoms with Gasteiger partial charge in [0.2, 0.25) is 5.91 Å². The molecule has 0 aromatic heterocycles. The summed E-state index contributed by atoms with van der Waals surface area (Å²) in [5.74, 6) is -0.670. The van der Waals surface area contributed by atoms with E-state index >= 15 is 0 Å². The Kier molecular flexibility index (Phi) is 6.14. The average Bonchev–Trinajstić information content (AvgIpc) is 2.50. The van der Waals surface area contributed by atoms with Crippen LogP contribution in [-0.2, 0) is 4.79 Å². The Morgan fingerprint density at radius 3 is 2.67 bits per heavy atom. The van der Waals surface area contributed by atoms with Gasteiger partial charge in [-0.15, -0.1) is 0 Å². The molecule has 1 amide bonds. The number of nitrogens with zero attached hydrogens (tertiary/aromatic N) is 1. The molecule has 0 saturated heterocycles. The first kappa shape index (κ1) is 15.9. The zero-order valence-corrected chi connectivity index (χ0v) is 12.2. The highest BCUT2D eigenvalue weighted by molar-refractivity contribution is 5.92. The minimum absolute atomic E-state index is 0.0312. The van der Waals surface area contributed by atoms with Crippen molar-refractivity contribution in [3.05, 3.63) is 30.1 Å². The van der Waals surface area contributed by atoms with E-state index in [4.69, 9.17) is 0 Å². The summed E-state index contributed by atoms with van der Waals surface area (Å²) in [6.45, 7) is 0.707. The predicted molar refractivity (Wildman–Crippen MR) is 80.6 cm³/mol. The number of nitrogens with one attached hydrogen (secondary N) is 1. The molecular formula is C16H23FN2O2. The van der Waals surface area contributed by atoms with E-state index in [1.165, 1.54) is 25.3 Å². The van der Waals surface area contributed by atoms with E-state index < -0.39 is 5.82 Å². The lowest BCUT2D eigenvalue weighted by Crippen LogP contribution is -2.43. The molecule has 0 aliphatic heterocycles. The Morgan fingerprint density at radius 1 is 1.29 bits per heavy atom. The Hall–Kier alpha value is -1.46. The van der Waals surface area contributed by atoms with E-state index in [1.807, 2.05) is 4.90 Å². The maximum Gasteiger partial charge on any atom is 0.238 e. The van der Waals surface area contributed by atoms with Gasteiger partial charge in [0.05, 0.1) is 18.8 Å². The molecule has 4 nitrogen and oxygen atoms in total. The molecule has 1 aliphatic carbocycles. The van der Waals surface area contributed by atoms with Crippen LogP contribution in [0.1, 0.15) is 32.1 Å². The maximum atomic E-state index is 13.5. The monoisotopic (exact) mass is 294 g/mol. The second-order valence-corrected chi connectivity index (χ2v) is 5.51. The number of halogens is 1. The Balaban J connectivity index is 1.93. The van der Waals surface area contributed by atoms with Crippen molar-refractivity contribution in [3.63, 3.8) is 0 Å². The molecule has 1 aliphatic rings. The highest BCUT2D eigenvalue weighted by Gasteiger charge is 2.22. The third-order valence-corrected chi connectivity index (χ3v) is 3.97. The normalized spacial score (nSPS) is 16.1. The van der Waals surface area contributed by atoms with Gasteiger partial charge in [0, 0.05) is 12.6 Å². The SMILES string of the molecule is O=C(CN(CCO)C1CCCCC1)Nc1ccccc1F. The number of benzene rings is 1. The zero-order chi connectivity index (χ0) is 15.1. The molecule has 0 radical (unpaired) electrons. The van der Waals surface area contributed by atoms with Gasteiger partial charge in [0.25, 0.3) is 0 Å². The molecule has 0 atom stereocenters. The number of anilines is 1. The smallest absolute Gasteiger partial charge is 0.238 e. The van der Waals surface area contributed by atoms with Crippen molar-refractivity contribution in [3.8, 4) is 0 Å². The first-order valence-electron chi connectivity index (χ1n) is 7.60. The number of carbonyl (C=O) groups excluding carboxylic acids is 1. The molecule has 21 heavy (non-hydrogen) atoms. The quantitative estimate of drug-likeness (QED) is 0.847. The molecule has 1 saturated carbocycles. The van der Waals surface area contributed by atoms with Crippen molar-refractivity contribution >= 4 is 11.6 Å². The maximum absolute atomic E-state index is 13.5. The van der Waals surface area contributed by atoms with E-state index in [9.17, 15) is 14.3 Å². The number of aliphatic hydroxyl groups excluding tert-OH is 1. The average molecular weight is 294 g/mol. The van der Waals surface area contributed by atoms with Gasteiger partial charge in [-0.1, -0.05) is 31.4 Å². The number of hydrogen-bond acceptors (Lipinski definition) is 3. The standard InChI is InChI=1S/C16H23FN2O2/c17-14-8-4-5-9-15(14)18-16(21)12-19(10-11-20)13-6-2-1-3-7-13/h4-5,8-9,13,20H,1-3,6-7,10-12H2,(H,18,21). The minimum Gasteiger partial charge on any atom is -0.395 e. The second-order valence-electron chi connectivity index (χ2n) is 5.51. The Bertz CT molecular complexity index is 461. The van der Waals surface area contributed by atoms with Gasteiger partial charge in [-0.3, -0.25) is 9.69 Å². The van der Waals surface area contributed by atoms with Gasteiger partial charge in [0.15, 0.2) is 0 Å². The molecule has 1 aromatic rings. The summed E-state index contributed by atoms with van der Waals surface area (Å²) in [6, 6.07) is 6.49. The lowest BCUT2D eigenvalue weighted by molar-refractivity contribution is -0.118. The minimum atomic E-state index is -0.433. The molecule has 0 spiro atoms. The number of carbonyl (C=O) groups is 1. The molecule has 2 rings (SSSR count). The van der Waals surface area contributed by atoms with Crippen LogP contribution in [0, 0.1) is 5.82 Å². The van der Waals surface area contributed by atoms with E-state index in [2.05, 4.69) is 5.32 Å². The fraction of sp³-hybridized carbons (Fsp3) is 0.562. The van der Waals surface area contributed by atoms with Crippen LogP contribution in [0.25, 0.3) is 0 Å². The number of rotatable bonds is 6. The van der Waals surface area contributed by atoms with Gasteiger partial charge in [-0.25, -0.2) is 4.39 Å². The van der Waals surface area contributed by atoms with Gasteiger partial charge in [-0.05, 0) is 25.0 Å². The van der Waals surface area contributed by atoms with Gasteiger partial charge in [0.1, 0.15) is 5.82 Å². The van der Waals surface area contributed by atoms with Gasteiger partial charge in [-0.2, -0.15) is 0 Å². The second kappa shape index (κ2) is 8.10. The van der Waals surface area contributed by atoms with Crippen LogP contribution in [0.5, 0.6) is 0 Å². The molecule has 116 valence electrons. The van der Waals surface area contributed by atoms with Crippen LogP contribution in [0.15, 0.2) is 24.3 Å². The molecule has 1 fully saturated rings. The third-order valence-electron chi connectivity index (χ3n) is 3.97. The molecule has 2 N–H and O–H groups in total. The van der Waals surface area contributed by atoms with Crippen LogP contribution < -0.4 is 5.32 Å². The zero-order valence-electron chi connectivity index (χ0n) is 12.2. The van der Waals surface area contributed by atoms with Crippen LogP contribution in [0.4, 0.5) is 10.1 Å². The summed E-state index contributed by atoms with van der Waals surface area (Å²) in [5.41, 5.74) is 0.204. The van der Waals surface area contributed by atoms with Crippen molar-refractivity contribution in [2.24, 2.45) is 0 Å². The number of hydrogen-bond donors (Lipinski definition) is 2. The summed E-state index contributed by atoms with van der Waals surface area (Å²) in [6.07, 6.45) is 5.70. The highest BCUT2D eigenvalue weighted by Crippen LogP contribution is 2.22. The van der Waals surface area contributed by atoms with Crippen molar-refractivity contribution < 1.29 is 14.3 Å². The first-order chi connectivity index (χ1) is 10.2. The van der Waals surface area contributed by atoms with Gasteiger partial charge < -0.3 is 10.4 Å².